The maximum absolute atomic E-state index is 15.0. The van der Waals surface area contributed by atoms with Crippen LogP contribution in [0.3, 0.4) is 0 Å². The molecule has 40 heavy (non-hydrogen) atoms. The second kappa shape index (κ2) is 13.1. The summed E-state index contributed by atoms with van der Waals surface area (Å²) in [5.41, 5.74) is 1.61. The topological polar surface area (TPSA) is 86.8 Å². The van der Waals surface area contributed by atoms with Gasteiger partial charge in [-0.25, -0.2) is 12.8 Å². The van der Waals surface area contributed by atoms with E-state index in [1.165, 1.54) is 35.2 Å². The van der Waals surface area contributed by atoms with Gasteiger partial charge in [0.05, 0.1) is 10.6 Å². The van der Waals surface area contributed by atoms with Crippen LogP contribution in [-0.2, 0) is 26.2 Å². The first-order valence-corrected chi connectivity index (χ1v) is 15.1. The van der Waals surface area contributed by atoms with Gasteiger partial charge in [0.1, 0.15) is 18.4 Å². The van der Waals surface area contributed by atoms with E-state index in [1.807, 2.05) is 38.1 Å². The van der Waals surface area contributed by atoms with Crippen molar-refractivity contribution in [2.24, 2.45) is 0 Å². The van der Waals surface area contributed by atoms with E-state index in [0.29, 0.717) is 6.42 Å². The van der Waals surface area contributed by atoms with Gasteiger partial charge in [-0.05, 0) is 56.0 Å². The number of nitrogens with one attached hydrogen (secondary N) is 1. The van der Waals surface area contributed by atoms with Crippen LogP contribution in [-0.4, -0.2) is 43.8 Å². The zero-order valence-electron chi connectivity index (χ0n) is 22.9. The molecule has 0 aliphatic heterocycles. The summed E-state index contributed by atoms with van der Waals surface area (Å²) < 4.78 is 43.3. The Hall–Kier alpha value is -3.72. The van der Waals surface area contributed by atoms with E-state index >= 15 is 4.39 Å². The van der Waals surface area contributed by atoms with Crippen LogP contribution in [0.5, 0.6) is 0 Å². The lowest BCUT2D eigenvalue weighted by Gasteiger charge is -2.33. The predicted octanol–water partition coefficient (Wildman–Crippen LogP) is 5.20. The molecule has 0 bridgehead atoms. The Morgan fingerprint density at radius 2 is 1.57 bits per heavy atom. The highest BCUT2D eigenvalue weighted by atomic mass is 32.2. The summed E-state index contributed by atoms with van der Waals surface area (Å²) in [6, 6.07) is 19.9. The zero-order valence-corrected chi connectivity index (χ0v) is 23.7. The Bertz CT molecular complexity index is 1410. The van der Waals surface area contributed by atoms with Gasteiger partial charge in [-0.2, -0.15) is 0 Å². The molecule has 1 saturated carbocycles. The lowest BCUT2D eigenvalue weighted by molar-refractivity contribution is -0.140. The lowest BCUT2D eigenvalue weighted by Crippen LogP contribution is -2.53. The number of rotatable bonds is 11. The minimum Gasteiger partial charge on any atom is -0.352 e. The lowest BCUT2D eigenvalue weighted by atomic mass is 10.1. The molecular weight excluding hydrogens is 529 g/mol. The Kier molecular flexibility index (Phi) is 9.58. The molecule has 0 heterocycles. The van der Waals surface area contributed by atoms with Gasteiger partial charge in [0.25, 0.3) is 10.0 Å². The summed E-state index contributed by atoms with van der Waals surface area (Å²) in [4.78, 5) is 28.9. The second-order valence-corrected chi connectivity index (χ2v) is 12.1. The van der Waals surface area contributed by atoms with Gasteiger partial charge in [0.2, 0.25) is 11.8 Å². The van der Waals surface area contributed by atoms with Crippen LogP contribution in [0.25, 0.3) is 0 Å². The number of nitrogens with zero attached hydrogens (tertiary/aromatic N) is 2. The van der Waals surface area contributed by atoms with Crippen LogP contribution in [0.4, 0.5) is 10.1 Å². The molecule has 1 fully saturated rings. The third-order valence-corrected chi connectivity index (χ3v) is 9.07. The number of amides is 2. The number of carbonyl (C=O) groups is 2. The largest absolute Gasteiger partial charge is 0.352 e. The molecule has 9 heteroatoms. The molecule has 3 aromatic rings. The van der Waals surface area contributed by atoms with E-state index in [9.17, 15) is 18.0 Å². The molecular formula is C31H36FN3O4S. The number of anilines is 1. The predicted molar refractivity (Wildman–Crippen MR) is 154 cm³/mol. The van der Waals surface area contributed by atoms with Crippen LogP contribution in [0.15, 0.2) is 83.8 Å². The van der Waals surface area contributed by atoms with E-state index in [4.69, 9.17) is 0 Å². The minimum atomic E-state index is -4.31. The fourth-order valence-corrected chi connectivity index (χ4v) is 6.51. The highest BCUT2D eigenvalue weighted by molar-refractivity contribution is 7.92. The van der Waals surface area contributed by atoms with Crippen LogP contribution in [0.1, 0.15) is 50.2 Å². The van der Waals surface area contributed by atoms with Crippen molar-refractivity contribution in [1.29, 1.82) is 0 Å². The molecule has 7 nitrogen and oxygen atoms in total. The average molecular weight is 566 g/mol. The van der Waals surface area contributed by atoms with Gasteiger partial charge in [0.15, 0.2) is 0 Å². The molecule has 1 N–H and O–H groups in total. The highest BCUT2D eigenvalue weighted by Gasteiger charge is 2.35. The molecule has 1 atom stereocenters. The molecule has 0 saturated heterocycles. The molecule has 0 unspecified atom stereocenters. The average Bonchev–Trinajstić information content (AvgIpc) is 3.46. The number of carbonyl (C=O) groups excluding carboxylic acids is 2. The van der Waals surface area contributed by atoms with Gasteiger partial charge >= 0.3 is 0 Å². The summed E-state index contributed by atoms with van der Waals surface area (Å²) in [5, 5.41) is 3.09. The fraction of sp³-hybridized carbons (Fsp3) is 0.355. The number of hydrogen-bond acceptors (Lipinski definition) is 4. The summed E-state index contributed by atoms with van der Waals surface area (Å²) in [6.45, 7) is 3.21. The SMILES string of the molecule is CC[C@H](C(=O)NC1CCCC1)N(Cc1ccc(C)cc1)C(=O)CN(c1ccccc1F)S(=O)(=O)c1ccccc1. The maximum atomic E-state index is 15.0. The Labute approximate surface area is 236 Å². The van der Waals surface area contributed by atoms with E-state index < -0.39 is 34.3 Å². The number of aryl methyl sites for hydroxylation is 1. The van der Waals surface area contributed by atoms with Crippen LogP contribution >= 0.6 is 0 Å². The fourth-order valence-electron chi connectivity index (χ4n) is 5.06. The molecule has 212 valence electrons. The maximum Gasteiger partial charge on any atom is 0.264 e. The highest BCUT2D eigenvalue weighted by Crippen LogP contribution is 2.27. The van der Waals surface area contributed by atoms with Crippen molar-refractivity contribution in [3.63, 3.8) is 0 Å². The quantitative estimate of drug-likeness (QED) is 0.347. The summed E-state index contributed by atoms with van der Waals surface area (Å²) in [7, 11) is -4.31. The molecule has 0 aromatic heterocycles. The first-order valence-electron chi connectivity index (χ1n) is 13.7. The zero-order chi connectivity index (χ0) is 28.7. The number of para-hydroxylation sites is 1. The van der Waals surface area contributed by atoms with Crippen molar-refractivity contribution in [3.05, 3.63) is 95.8 Å². The van der Waals surface area contributed by atoms with Gasteiger partial charge in [-0.15, -0.1) is 0 Å². The third-order valence-electron chi connectivity index (χ3n) is 7.29. The number of sulfonamides is 1. The molecule has 0 spiro atoms. The van der Waals surface area contributed by atoms with Gasteiger partial charge in [-0.1, -0.05) is 79.9 Å². The first kappa shape index (κ1) is 29.3. The molecule has 4 rings (SSSR count). The van der Waals surface area contributed by atoms with E-state index in [1.54, 1.807) is 18.2 Å². The monoisotopic (exact) mass is 565 g/mol. The first-order chi connectivity index (χ1) is 19.2. The molecule has 1 aliphatic rings. The van der Waals surface area contributed by atoms with E-state index in [2.05, 4.69) is 5.32 Å². The van der Waals surface area contributed by atoms with Crippen molar-refractivity contribution in [3.8, 4) is 0 Å². The molecule has 3 aromatic carbocycles. The summed E-state index contributed by atoms with van der Waals surface area (Å²) >= 11 is 0. The van der Waals surface area contributed by atoms with Crippen LogP contribution < -0.4 is 9.62 Å². The van der Waals surface area contributed by atoms with Crippen LogP contribution in [0, 0.1) is 12.7 Å². The Balaban J connectivity index is 1.71. The molecule has 0 radical (unpaired) electrons. The third kappa shape index (κ3) is 6.88. The van der Waals surface area contributed by atoms with Crippen LogP contribution in [0.2, 0.25) is 0 Å². The van der Waals surface area contributed by atoms with Crippen molar-refractivity contribution < 1.29 is 22.4 Å². The van der Waals surface area contributed by atoms with Gasteiger partial charge < -0.3 is 10.2 Å². The summed E-state index contributed by atoms with van der Waals surface area (Å²) in [6.07, 6.45) is 4.21. The van der Waals surface area contributed by atoms with Gasteiger partial charge in [0, 0.05) is 12.6 Å². The number of halogens is 1. The Morgan fingerprint density at radius 3 is 2.20 bits per heavy atom. The van der Waals surface area contributed by atoms with Crippen molar-refractivity contribution in [2.75, 3.05) is 10.8 Å². The second-order valence-electron chi connectivity index (χ2n) is 10.2. The molecule has 2 amide bonds. The van der Waals surface area contributed by atoms with Gasteiger partial charge in [-0.3, -0.25) is 13.9 Å². The number of hydrogen-bond donors (Lipinski definition) is 1. The molecule has 1 aliphatic carbocycles. The number of benzene rings is 3. The smallest absolute Gasteiger partial charge is 0.264 e. The van der Waals surface area contributed by atoms with Crippen molar-refractivity contribution in [1.82, 2.24) is 10.2 Å². The summed E-state index contributed by atoms with van der Waals surface area (Å²) in [5.74, 6) is -1.64. The van der Waals surface area contributed by atoms with E-state index in [-0.39, 0.29) is 29.1 Å². The van der Waals surface area contributed by atoms with Crippen molar-refractivity contribution in [2.45, 2.75) is 69.5 Å². The normalized spacial score (nSPS) is 14.5. The Morgan fingerprint density at radius 1 is 0.950 bits per heavy atom. The van der Waals surface area contributed by atoms with Crippen molar-refractivity contribution >= 4 is 27.5 Å². The minimum absolute atomic E-state index is 0.0613. The van der Waals surface area contributed by atoms with E-state index in [0.717, 1.165) is 47.2 Å². The standard InChI is InChI=1S/C31H36FN3O4S/c1-3-28(31(37)33-25-11-7-8-12-25)34(21-24-19-17-23(2)18-20-24)30(36)22-35(29-16-10-9-15-27(29)32)40(38,39)26-13-5-4-6-14-26/h4-6,9-10,13-20,25,28H,3,7-8,11-12,21-22H2,1-2H3,(H,33,37)/t28-/m1/s1.